The molecule has 15 heavy (non-hydrogen) atoms. The summed E-state index contributed by atoms with van der Waals surface area (Å²) in [6.45, 7) is 6.99. The Hall–Kier alpha value is -0.860. The third-order valence-corrected chi connectivity index (χ3v) is 2.80. The Labute approximate surface area is 92.5 Å². The first-order chi connectivity index (χ1) is 7.00. The van der Waals surface area contributed by atoms with E-state index in [1.54, 1.807) is 0 Å². The zero-order chi connectivity index (χ0) is 11.4. The van der Waals surface area contributed by atoms with Crippen LogP contribution in [0.1, 0.15) is 31.1 Å². The van der Waals surface area contributed by atoms with Crippen LogP contribution >= 0.6 is 0 Å². The zero-order valence-corrected chi connectivity index (χ0v) is 10.1. The lowest BCUT2D eigenvalue weighted by Gasteiger charge is -2.24. The van der Waals surface area contributed by atoms with Crippen LogP contribution < -0.4 is 0 Å². The van der Waals surface area contributed by atoms with Gasteiger partial charge in [-0.3, -0.25) is 0 Å². The van der Waals surface area contributed by atoms with E-state index in [1.165, 1.54) is 5.56 Å². The van der Waals surface area contributed by atoms with Crippen molar-refractivity contribution in [3.8, 4) is 0 Å². The van der Waals surface area contributed by atoms with Gasteiger partial charge in [0.15, 0.2) is 0 Å². The summed E-state index contributed by atoms with van der Waals surface area (Å²) in [6.07, 6.45) is -0.391. The molecule has 0 aromatic heterocycles. The second-order valence-corrected chi connectivity index (χ2v) is 4.46. The van der Waals surface area contributed by atoms with Gasteiger partial charge in [-0.05, 0) is 33.4 Å². The van der Waals surface area contributed by atoms with Crippen LogP contribution in [-0.4, -0.2) is 29.6 Å². The summed E-state index contributed by atoms with van der Waals surface area (Å²) in [5.74, 6) is 0. The predicted octanol–water partition coefficient (Wildman–Crippen LogP) is 2.37. The molecule has 0 saturated carbocycles. The minimum atomic E-state index is -0.391. The smallest absolute Gasteiger partial charge is 0.0916 e. The van der Waals surface area contributed by atoms with Crippen LogP contribution in [0, 0.1) is 6.92 Å². The van der Waals surface area contributed by atoms with E-state index in [4.69, 9.17) is 0 Å². The first kappa shape index (κ1) is 12.2. The fraction of sp³-hybridized carbons (Fsp3) is 0.538. The highest BCUT2D eigenvalue weighted by Gasteiger charge is 2.12. The Morgan fingerprint density at radius 3 is 2.20 bits per heavy atom. The van der Waals surface area contributed by atoms with Gasteiger partial charge in [-0.2, -0.15) is 0 Å². The highest BCUT2D eigenvalue weighted by atomic mass is 16.3. The van der Waals surface area contributed by atoms with E-state index in [1.807, 2.05) is 31.3 Å². The van der Waals surface area contributed by atoms with Crippen molar-refractivity contribution in [2.24, 2.45) is 0 Å². The summed E-state index contributed by atoms with van der Waals surface area (Å²) in [5.41, 5.74) is 2.22. The summed E-state index contributed by atoms with van der Waals surface area (Å²) in [5, 5.41) is 9.99. The fourth-order valence-electron chi connectivity index (χ4n) is 1.38. The van der Waals surface area contributed by atoms with Gasteiger partial charge in [0.2, 0.25) is 0 Å². The minimum absolute atomic E-state index is 0.391. The molecule has 0 saturated heterocycles. The molecule has 1 aromatic rings. The van der Waals surface area contributed by atoms with Gasteiger partial charge in [0.1, 0.15) is 0 Å². The number of benzene rings is 1. The zero-order valence-electron chi connectivity index (χ0n) is 10.1. The Kier molecular flexibility index (Phi) is 4.30. The van der Waals surface area contributed by atoms with Gasteiger partial charge in [0, 0.05) is 12.6 Å². The number of hydrogen-bond donors (Lipinski definition) is 1. The van der Waals surface area contributed by atoms with Gasteiger partial charge in [0.05, 0.1) is 6.10 Å². The molecule has 0 aliphatic rings. The average Bonchev–Trinajstić information content (AvgIpc) is 2.18. The number of rotatable bonds is 4. The van der Waals surface area contributed by atoms with Crippen molar-refractivity contribution < 1.29 is 5.11 Å². The summed E-state index contributed by atoms with van der Waals surface area (Å²) < 4.78 is 0. The van der Waals surface area contributed by atoms with E-state index >= 15 is 0 Å². The molecule has 1 rings (SSSR count). The molecule has 1 N–H and O–H groups in total. The number of nitrogens with zero attached hydrogens (tertiary/aromatic N) is 1. The summed E-state index contributed by atoms with van der Waals surface area (Å²) in [7, 11) is 2.03. The minimum Gasteiger partial charge on any atom is -0.387 e. The van der Waals surface area contributed by atoms with Crippen LogP contribution in [-0.2, 0) is 0 Å². The standard InChI is InChI=1S/C13H21NO/c1-10(2)14(4)9-13(15)12-7-5-11(3)6-8-12/h5-8,10,13,15H,9H2,1-4H3. The van der Waals surface area contributed by atoms with Gasteiger partial charge < -0.3 is 10.0 Å². The highest BCUT2D eigenvalue weighted by Crippen LogP contribution is 2.15. The largest absolute Gasteiger partial charge is 0.387 e. The number of likely N-dealkylation sites (N-methyl/N-ethyl adjacent to an activating group) is 1. The number of aliphatic hydroxyl groups excluding tert-OH is 1. The molecule has 1 atom stereocenters. The molecule has 0 aliphatic heterocycles. The van der Waals surface area contributed by atoms with Gasteiger partial charge in [0.25, 0.3) is 0 Å². The van der Waals surface area contributed by atoms with E-state index in [2.05, 4.69) is 25.7 Å². The molecular weight excluding hydrogens is 186 g/mol. The SMILES string of the molecule is Cc1ccc(C(O)CN(C)C(C)C)cc1. The van der Waals surface area contributed by atoms with E-state index in [9.17, 15) is 5.11 Å². The molecular formula is C13H21NO. The van der Waals surface area contributed by atoms with E-state index < -0.39 is 6.10 Å². The molecule has 1 aromatic carbocycles. The van der Waals surface area contributed by atoms with Crippen molar-refractivity contribution in [1.29, 1.82) is 0 Å². The number of aryl methyl sites for hydroxylation is 1. The third-order valence-electron chi connectivity index (χ3n) is 2.80. The molecule has 0 fully saturated rings. The van der Waals surface area contributed by atoms with Crippen LogP contribution in [0.5, 0.6) is 0 Å². The molecule has 2 nitrogen and oxygen atoms in total. The molecule has 0 aliphatic carbocycles. The van der Waals surface area contributed by atoms with Crippen molar-refractivity contribution in [1.82, 2.24) is 4.90 Å². The van der Waals surface area contributed by atoms with Crippen molar-refractivity contribution >= 4 is 0 Å². The predicted molar refractivity (Wildman–Crippen MR) is 63.9 cm³/mol. The Morgan fingerprint density at radius 1 is 1.20 bits per heavy atom. The van der Waals surface area contributed by atoms with Crippen LogP contribution in [0.3, 0.4) is 0 Å². The van der Waals surface area contributed by atoms with Crippen LogP contribution in [0.2, 0.25) is 0 Å². The van der Waals surface area contributed by atoms with Gasteiger partial charge >= 0.3 is 0 Å². The normalized spacial score (nSPS) is 13.5. The summed E-state index contributed by atoms with van der Waals surface area (Å²) in [6, 6.07) is 8.52. The first-order valence-electron chi connectivity index (χ1n) is 5.45. The molecule has 0 radical (unpaired) electrons. The van der Waals surface area contributed by atoms with Crippen LogP contribution in [0.15, 0.2) is 24.3 Å². The molecule has 0 bridgehead atoms. The van der Waals surface area contributed by atoms with Crippen molar-refractivity contribution in [2.45, 2.75) is 32.9 Å². The van der Waals surface area contributed by atoms with E-state index in [0.29, 0.717) is 12.6 Å². The maximum absolute atomic E-state index is 9.99. The summed E-state index contributed by atoms with van der Waals surface area (Å²) >= 11 is 0. The monoisotopic (exact) mass is 207 g/mol. The maximum atomic E-state index is 9.99. The fourth-order valence-corrected chi connectivity index (χ4v) is 1.38. The van der Waals surface area contributed by atoms with Gasteiger partial charge in [-0.25, -0.2) is 0 Å². The number of aliphatic hydroxyl groups is 1. The van der Waals surface area contributed by atoms with Gasteiger partial charge in [-0.15, -0.1) is 0 Å². The third kappa shape index (κ3) is 3.65. The van der Waals surface area contributed by atoms with E-state index in [0.717, 1.165) is 5.56 Å². The van der Waals surface area contributed by atoms with Crippen molar-refractivity contribution in [3.63, 3.8) is 0 Å². The molecule has 0 heterocycles. The molecule has 2 heteroatoms. The molecule has 1 unspecified atom stereocenters. The van der Waals surface area contributed by atoms with Crippen molar-refractivity contribution in [2.75, 3.05) is 13.6 Å². The average molecular weight is 207 g/mol. The quantitative estimate of drug-likeness (QED) is 0.819. The maximum Gasteiger partial charge on any atom is 0.0916 e. The molecule has 0 amide bonds. The Bertz CT molecular complexity index is 292. The molecule has 84 valence electrons. The second-order valence-electron chi connectivity index (χ2n) is 4.46. The van der Waals surface area contributed by atoms with Crippen LogP contribution in [0.4, 0.5) is 0 Å². The van der Waals surface area contributed by atoms with Gasteiger partial charge in [-0.1, -0.05) is 29.8 Å². The first-order valence-corrected chi connectivity index (χ1v) is 5.45. The topological polar surface area (TPSA) is 23.5 Å². The Balaban J connectivity index is 2.61. The lowest BCUT2D eigenvalue weighted by Crippen LogP contribution is -2.30. The highest BCUT2D eigenvalue weighted by molar-refractivity contribution is 5.23. The van der Waals surface area contributed by atoms with E-state index in [-0.39, 0.29) is 0 Å². The van der Waals surface area contributed by atoms with Crippen molar-refractivity contribution in [3.05, 3.63) is 35.4 Å². The lowest BCUT2D eigenvalue weighted by molar-refractivity contribution is 0.112. The lowest BCUT2D eigenvalue weighted by atomic mass is 10.1. The second kappa shape index (κ2) is 5.29. The van der Waals surface area contributed by atoms with Crippen LogP contribution in [0.25, 0.3) is 0 Å². The number of hydrogen-bond acceptors (Lipinski definition) is 2. The summed E-state index contributed by atoms with van der Waals surface area (Å²) in [4.78, 5) is 2.14. The molecule has 0 spiro atoms. The Morgan fingerprint density at radius 2 is 1.73 bits per heavy atom.